The van der Waals surface area contributed by atoms with Crippen LogP contribution in [0.4, 0.5) is 11.8 Å². The molecule has 1 unspecified atom stereocenters. The number of nitrogens with zero attached hydrogens (tertiary/aromatic N) is 4. The molecule has 0 saturated heterocycles. The predicted octanol–water partition coefficient (Wildman–Crippen LogP) is 1.81. The fraction of sp³-hybridized carbons (Fsp3) is 0.500. The molecule has 0 bridgehead atoms. The molecule has 6 heteroatoms. The molecule has 1 aromatic rings. The van der Waals surface area contributed by atoms with Crippen molar-refractivity contribution in [3.63, 3.8) is 0 Å². The van der Waals surface area contributed by atoms with E-state index in [2.05, 4.69) is 32.0 Å². The summed E-state index contributed by atoms with van der Waals surface area (Å²) in [4.78, 5) is 10.0. The van der Waals surface area contributed by atoms with Gasteiger partial charge in [-0.25, -0.2) is 4.98 Å². The fourth-order valence-electron chi connectivity index (χ4n) is 1.33. The first-order valence-corrected chi connectivity index (χ1v) is 5.80. The Kier molecular flexibility index (Phi) is 4.50. The van der Waals surface area contributed by atoms with Gasteiger partial charge in [-0.1, -0.05) is 0 Å². The summed E-state index contributed by atoms with van der Waals surface area (Å²) >= 11 is 3.38. The number of rotatable bonds is 4. The summed E-state index contributed by atoms with van der Waals surface area (Å²) in [5.74, 6) is 0.918. The average molecular weight is 284 g/mol. The van der Waals surface area contributed by atoms with Gasteiger partial charge in [0.1, 0.15) is 5.82 Å². The molecule has 0 aliphatic rings. The molecule has 0 saturated carbocycles. The highest BCUT2D eigenvalue weighted by Crippen LogP contribution is 2.24. The lowest BCUT2D eigenvalue weighted by Gasteiger charge is -2.23. The molecule has 0 fully saturated rings. The fourth-order valence-corrected chi connectivity index (χ4v) is 1.77. The molecule has 0 radical (unpaired) electrons. The van der Waals surface area contributed by atoms with Gasteiger partial charge in [0.2, 0.25) is 5.95 Å². The Bertz CT molecular complexity index is 401. The Morgan fingerprint density at radius 1 is 1.69 bits per heavy atom. The molecule has 1 heterocycles. The van der Waals surface area contributed by atoms with Crippen molar-refractivity contribution < 1.29 is 0 Å². The number of hydrogen-bond acceptors (Lipinski definition) is 5. The van der Waals surface area contributed by atoms with Crippen molar-refractivity contribution in [2.75, 3.05) is 23.7 Å². The molecule has 0 amide bonds. The van der Waals surface area contributed by atoms with Gasteiger partial charge >= 0.3 is 0 Å². The smallest absolute Gasteiger partial charge is 0.222 e. The van der Waals surface area contributed by atoms with E-state index in [1.807, 2.05) is 18.7 Å². The first kappa shape index (κ1) is 12.7. The summed E-state index contributed by atoms with van der Waals surface area (Å²) in [5.41, 5.74) is 5.55. The van der Waals surface area contributed by atoms with Crippen molar-refractivity contribution in [2.45, 2.75) is 13.8 Å². The monoisotopic (exact) mass is 283 g/mol. The predicted molar refractivity (Wildman–Crippen MR) is 66.8 cm³/mol. The molecule has 1 aromatic heterocycles. The van der Waals surface area contributed by atoms with Gasteiger partial charge in [-0.2, -0.15) is 10.2 Å². The molecule has 16 heavy (non-hydrogen) atoms. The molecule has 1 rings (SSSR count). The molecular weight excluding hydrogens is 270 g/mol. The number of aromatic nitrogens is 2. The summed E-state index contributed by atoms with van der Waals surface area (Å²) in [6.07, 6.45) is 1.62. The van der Waals surface area contributed by atoms with Gasteiger partial charge in [-0.3, -0.25) is 0 Å². The minimum absolute atomic E-state index is 0.0527. The maximum Gasteiger partial charge on any atom is 0.222 e. The van der Waals surface area contributed by atoms with E-state index in [0.717, 1.165) is 16.8 Å². The highest BCUT2D eigenvalue weighted by molar-refractivity contribution is 9.10. The Balaban J connectivity index is 2.95. The topological polar surface area (TPSA) is 78.8 Å². The van der Waals surface area contributed by atoms with Crippen LogP contribution in [-0.2, 0) is 0 Å². The van der Waals surface area contributed by atoms with Crippen molar-refractivity contribution in [1.29, 1.82) is 5.26 Å². The molecule has 0 spiro atoms. The van der Waals surface area contributed by atoms with E-state index < -0.39 is 0 Å². The highest BCUT2D eigenvalue weighted by Gasteiger charge is 2.14. The van der Waals surface area contributed by atoms with Crippen LogP contribution in [0.25, 0.3) is 0 Å². The molecule has 0 aliphatic heterocycles. The van der Waals surface area contributed by atoms with Crippen LogP contribution < -0.4 is 10.6 Å². The van der Waals surface area contributed by atoms with Crippen LogP contribution in [0.1, 0.15) is 13.8 Å². The normalized spacial score (nSPS) is 11.9. The van der Waals surface area contributed by atoms with E-state index in [1.165, 1.54) is 0 Å². The summed E-state index contributed by atoms with van der Waals surface area (Å²) < 4.78 is 0.786. The maximum atomic E-state index is 8.80. The first-order valence-electron chi connectivity index (χ1n) is 5.01. The number of nitrogen functional groups attached to an aromatic ring is 1. The number of nitriles is 1. The Labute approximate surface area is 103 Å². The van der Waals surface area contributed by atoms with Crippen LogP contribution in [0.5, 0.6) is 0 Å². The van der Waals surface area contributed by atoms with Gasteiger partial charge < -0.3 is 10.6 Å². The van der Waals surface area contributed by atoms with E-state index in [9.17, 15) is 0 Å². The lowest BCUT2D eigenvalue weighted by atomic mass is 10.2. The molecule has 0 aliphatic carbocycles. The van der Waals surface area contributed by atoms with Gasteiger partial charge in [0, 0.05) is 19.3 Å². The van der Waals surface area contributed by atoms with Crippen LogP contribution >= 0.6 is 15.9 Å². The van der Waals surface area contributed by atoms with E-state index in [1.54, 1.807) is 6.20 Å². The molecular formula is C10H14BrN5. The second kappa shape index (κ2) is 5.66. The molecule has 2 N–H and O–H groups in total. The Hall–Kier alpha value is -1.35. The van der Waals surface area contributed by atoms with Gasteiger partial charge in [-0.15, -0.1) is 0 Å². The van der Waals surface area contributed by atoms with E-state index in [4.69, 9.17) is 11.0 Å². The van der Waals surface area contributed by atoms with Crippen molar-refractivity contribution in [3.05, 3.63) is 10.7 Å². The zero-order valence-corrected chi connectivity index (χ0v) is 10.9. The van der Waals surface area contributed by atoms with Gasteiger partial charge in [-0.05, 0) is 29.8 Å². The van der Waals surface area contributed by atoms with Crippen LogP contribution in [0.2, 0.25) is 0 Å². The number of anilines is 2. The van der Waals surface area contributed by atoms with Gasteiger partial charge in [0.15, 0.2) is 0 Å². The third kappa shape index (κ3) is 3.07. The first-order chi connectivity index (χ1) is 7.58. The lowest BCUT2D eigenvalue weighted by Crippen LogP contribution is -2.29. The van der Waals surface area contributed by atoms with Crippen LogP contribution in [0.15, 0.2) is 10.7 Å². The minimum Gasteiger partial charge on any atom is -0.368 e. The molecule has 0 aromatic carbocycles. The van der Waals surface area contributed by atoms with Gasteiger partial charge in [0.25, 0.3) is 0 Å². The third-order valence-corrected chi connectivity index (χ3v) is 2.70. The molecule has 1 atom stereocenters. The summed E-state index contributed by atoms with van der Waals surface area (Å²) in [6, 6.07) is 2.20. The van der Waals surface area contributed by atoms with Gasteiger partial charge in [0.05, 0.1) is 16.5 Å². The zero-order chi connectivity index (χ0) is 12.1. The maximum absolute atomic E-state index is 8.80. The second-order valence-electron chi connectivity index (χ2n) is 3.47. The van der Waals surface area contributed by atoms with E-state index in [-0.39, 0.29) is 11.9 Å². The zero-order valence-electron chi connectivity index (χ0n) is 9.31. The molecule has 5 nitrogen and oxygen atoms in total. The standard InChI is InChI=1S/C10H14BrN5/c1-3-16(6-7(2)4-12)9-8(11)5-14-10(13)15-9/h5,7H,3,6H2,1-2H3,(H2,13,14,15). The van der Waals surface area contributed by atoms with E-state index in [0.29, 0.717) is 6.54 Å². The van der Waals surface area contributed by atoms with Crippen LogP contribution in [-0.4, -0.2) is 23.1 Å². The highest BCUT2D eigenvalue weighted by atomic mass is 79.9. The minimum atomic E-state index is -0.0527. The van der Waals surface area contributed by atoms with Crippen molar-refractivity contribution in [2.24, 2.45) is 5.92 Å². The quantitative estimate of drug-likeness (QED) is 0.912. The summed E-state index contributed by atoms with van der Waals surface area (Å²) in [5, 5.41) is 8.80. The SMILES string of the molecule is CCN(CC(C)C#N)c1nc(N)ncc1Br. The number of hydrogen-bond donors (Lipinski definition) is 1. The summed E-state index contributed by atoms with van der Waals surface area (Å²) in [7, 11) is 0. The van der Waals surface area contributed by atoms with Crippen molar-refractivity contribution in [1.82, 2.24) is 9.97 Å². The average Bonchev–Trinajstić information content (AvgIpc) is 2.29. The second-order valence-corrected chi connectivity index (χ2v) is 4.32. The van der Waals surface area contributed by atoms with Crippen molar-refractivity contribution >= 4 is 27.7 Å². The van der Waals surface area contributed by atoms with Crippen LogP contribution in [0.3, 0.4) is 0 Å². The van der Waals surface area contributed by atoms with E-state index >= 15 is 0 Å². The Morgan fingerprint density at radius 3 is 2.94 bits per heavy atom. The number of nitrogens with two attached hydrogens (primary N) is 1. The third-order valence-electron chi connectivity index (χ3n) is 2.14. The summed E-state index contributed by atoms with van der Waals surface area (Å²) in [6.45, 7) is 5.28. The molecule has 86 valence electrons. The largest absolute Gasteiger partial charge is 0.368 e. The van der Waals surface area contributed by atoms with Crippen LogP contribution in [0, 0.1) is 17.2 Å². The van der Waals surface area contributed by atoms with Crippen molar-refractivity contribution in [3.8, 4) is 6.07 Å². The Morgan fingerprint density at radius 2 is 2.38 bits per heavy atom. The number of halogens is 1. The lowest BCUT2D eigenvalue weighted by molar-refractivity contribution is 0.678.